The number of piperidine rings is 1. The first-order valence-electron chi connectivity index (χ1n) is 10.9. The number of furan rings is 1. The summed E-state index contributed by atoms with van der Waals surface area (Å²) in [5.41, 5.74) is 2.66. The van der Waals surface area contributed by atoms with Crippen LogP contribution in [0.15, 0.2) is 63.0 Å². The number of likely N-dealkylation sites (tertiary alicyclic amines) is 1. The van der Waals surface area contributed by atoms with Crippen LogP contribution in [0.4, 0.5) is 5.69 Å². The summed E-state index contributed by atoms with van der Waals surface area (Å²) in [6.07, 6.45) is 1.56. The molecule has 6 rings (SSSR count). The normalized spacial score (nSPS) is 14.6. The van der Waals surface area contributed by atoms with Crippen molar-refractivity contribution in [2.45, 2.75) is 18.8 Å². The van der Waals surface area contributed by atoms with Crippen molar-refractivity contribution in [1.82, 2.24) is 20.2 Å². The predicted molar refractivity (Wildman–Crippen MR) is 126 cm³/mol. The first-order chi connectivity index (χ1) is 16.7. The number of para-hydroxylation sites is 1. The Morgan fingerprint density at radius 1 is 1.06 bits per heavy atom. The van der Waals surface area contributed by atoms with E-state index in [1.54, 1.807) is 29.6 Å². The molecule has 3 aromatic heterocycles. The maximum atomic E-state index is 12.9. The van der Waals surface area contributed by atoms with Crippen molar-refractivity contribution in [2.24, 2.45) is 0 Å². The van der Waals surface area contributed by atoms with Gasteiger partial charge < -0.3 is 14.6 Å². The Morgan fingerprint density at radius 2 is 1.91 bits per heavy atom. The van der Waals surface area contributed by atoms with E-state index in [0.717, 1.165) is 23.2 Å². The summed E-state index contributed by atoms with van der Waals surface area (Å²) in [7, 11) is 0. The number of hydrogen-bond acceptors (Lipinski definition) is 8. The molecule has 0 saturated carbocycles. The van der Waals surface area contributed by atoms with Crippen molar-refractivity contribution < 1.29 is 18.6 Å². The van der Waals surface area contributed by atoms with Gasteiger partial charge in [0.15, 0.2) is 11.3 Å². The van der Waals surface area contributed by atoms with Crippen LogP contribution in [-0.4, -0.2) is 45.1 Å². The molecular weight excluding hydrogens is 454 g/mol. The van der Waals surface area contributed by atoms with E-state index >= 15 is 0 Å². The Labute approximate surface area is 197 Å². The average Bonchev–Trinajstić information content (AvgIpc) is 3.63. The highest BCUT2D eigenvalue weighted by molar-refractivity contribution is 7.10. The van der Waals surface area contributed by atoms with Gasteiger partial charge in [0.05, 0.1) is 10.7 Å². The fraction of sp³-hybridized carbons (Fsp3) is 0.208. The minimum Gasteiger partial charge on any atom is -0.451 e. The lowest BCUT2D eigenvalue weighted by Gasteiger charge is -2.30. The van der Waals surface area contributed by atoms with Gasteiger partial charge in [-0.05, 0) is 47.4 Å². The van der Waals surface area contributed by atoms with Crippen LogP contribution in [0.5, 0.6) is 0 Å². The van der Waals surface area contributed by atoms with E-state index in [4.69, 9.17) is 9.05 Å². The van der Waals surface area contributed by atoms with Crippen LogP contribution in [0.25, 0.3) is 22.0 Å². The number of nitrogens with one attached hydrogen (secondary N) is 1. The number of hydrogen-bond donors (Lipinski definition) is 1. The molecule has 0 unspecified atom stereocenters. The number of nitrogens with zero attached hydrogens (tertiary/aromatic N) is 4. The standard InChI is InChI=1S/C24H19N5O4S/c30-22(25-16-5-3-6-17-21(16)28-33-27-17)18-13-34-23(26-18)14-8-10-29(11-9-14)24(31)20-12-15-4-1-2-7-19(15)32-20/h1-7,12-14H,8-11H2,(H,25,30). The lowest BCUT2D eigenvalue weighted by Crippen LogP contribution is -2.37. The van der Waals surface area contributed by atoms with Crippen molar-refractivity contribution in [3.8, 4) is 0 Å². The summed E-state index contributed by atoms with van der Waals surface area (Å²) in [5.74, 6) is 0.167. The Balaban J connectivity index is 1.10. The van der Waals surface area contributed by atoms with Crippen LogP contribution in [0.1, 0.15) is 44.8 Å². The molecule has 1 N–H and O–H groups in total. The zero-order valence-electron chi connectivity index (χ0n) is 17.9. The molecule has 10 heteroatoms. The van der Waals surface area contributed by atoms with Crippen molar-refractivity contribution in [2.75, 3.05) is 18.4 Å². The maximum absolute atomic E-state index is 12.9. The van der Waals surface area contributed by atoms with Crippen LogP contribution >= 0.6 is 11.3 Å². The molecule has 5 aromatic rings. The number of fused-ring (bicyclic) bond motifs is 2. The van der Waals surface area contributed by atoms with Crippen molar-refractivity contribution in [3.63, 3.8) is 0 Å². The van der Waals surface area contributed by atoms with Gasteiger partial charge in [-0.2, -0.15) is 0 Å². The highest BCUT2D eigenvalue weighted by Gasteiger charge is 2.28. The SMILES string of the molecule is O=C(Nc1cccc2nonc12)c1csc(C2CCN(C(=O)c3cc4ccccc4o3)CC2)n1. The summed E-state index contributed by atoms with van der Waals surface area (Å²) >= 11 is 1.47. The third-order valence-electron chi connectivity index (χ3n) is 6.06. The fourth-order valence-corrected chi connectivity index (χ4v) is 5.22. The highest BCUT2D eigenvalue weighted by Crippen LogP contribution is 2.32. The number of carbonyl (C=O) groups is 2. The van der Waals surface area contributed by atoms with Gasteiger partial charge in [-0.15, -0.1) is 11.3 Å². The van der Waals surface area contributed by atoms with Crippen LogP contribution in [0.2, 0.25) is 0 Å². The number of anilines is 1. The van der Waals surface area contributed by atoms with E-state index in [-0.39, 0.29) is 17.7 Å². The number of amides is 2. The van der Waals surface area contributed by atoms with Crippen LogP contribution < -0.4 is 5.32 Å². The molecule has 1 fully saturated rings. The fourth-order valence-electron chi connectivity index (χ4n) is 4.25. The first-order valence-corrected chi connectivity index (χ1v) is 11.8. The molecule has 0 radical (unpaired) electrons. The maximum Gasteiger partial charge on any atom is 0.289 e. The predicted octanol–water partition coefficient (Wildman–Crippen LogP) is 4.70. The van der Waals surface area contributed by atoms with Gasteiger partial charge >= 0.3 is 0 Å². The van der Waals surface area contributed by atoms with Crippen molar-refractivity contribution in [3.05, 3.63) is 70.4 Å². The quantitative estimate of drug-likeness (QED) is 0.402. The molecule has 0 bridgehead atoms. The highest BCUT2D eigenvalue weighted by atomic mass is 32.1. The molecule has 1 aliphatic rings. The molecule has 0 aliphatic carbocycles. The van der Waals surface area contributed by atoms with Gasteiger partial charge in [0, 0.05) is 29.8 Å². The summed E-state index contributed by atoms with van der Waals surface area (Å²) < 4.78 is 10.5. The van der Waals surface area contributed by atoms with E-state index < -0.39 is 0 Å². The summed E-state index contributed by atoms with van der Waals surface area (Å²) in [4.78, 5) is 32.0. The largest absolute Gasteiger partial charge is 0.451 e. The van der Waals surface area contributed by atoms with Gasteiger partial charge in [-0.1, -0.05) is 24.3 Å². The van der Waals surface area contributed by atoms with Gasteiger partial charge in [0.2, 0.25) is 0 Å². The zero-order chi connectivity index (χ0) is 23.1. The third kappa shape index (κ3) is 3.71. The van der Waals surface area contributed by atoms with E-state index in [1.165, 1.54) is 11.3 Å². The Hall–Kier alpha value is -4.05. The van der Waals surface area contributed by atoms with E-state index in [0.29, 0.717) is 46.8 Å². The second-order valence-corrected chi connectivity index (χ2v) is 9.07. The molecule has 1 saturated heterocycles. The number of carbonyl (C=O) groups excluding carboxylic acids is 2. The third-order valence-corrected chi connectivity index (χ3v) is 7.06. The lowest BCUT2D eigenvalue weighted by molar-refractivity contribution is 0.0683. The molecule has 0 spiro atoms. The van der Waals surface area contributed by atoms with Crippen molar-refractivity contribution >= 4 is 50.8 Å². The molecule has 4 heterocycles. The minimum atomic E-state index is -0.310. The average molecular weight is 474 g/mol. The molecule has 2 amide bonds. The van der Waals surface area contributed by atoms with Gasteiger partial charge in [-0.3, -0.25) is 9.59 Å². The van der Waals surface area contributed by atoms with E-state index in [9.17, 15) is 9.59 Å². The second-order valence-electron chi connectivity index (χ2n) is 8.18. The van der Waals surface area contributed by atoms with Gasteiger partial charge in [-0.25, -0.2) is 9.61 Å². The molecule has 2 aromatic carbocycles. The van der Waals surface area contributed by atoms with Gasteiger partial charge in [0.25, 0.3) is 11.8 Å². The molecule has 170 valence electrons. The van der Waals surface area contributed by atoms with Crippen LogP contribution in [-0.2, 0) is 0 Å². The summed E-state index contributed by atoms with van der Waals surface area (Å²) in [6, 6.07) is 14.7. The number of benzene rings is 2. The summed E-state index contributed by atoms with van der Waals surface area (Å²) in [6.45, 7) is 1.23. The van der Waals surface area contributed by atoms with Crippen LogP contribution in [0, 0.1) is 0 Å². The number of rotatable bonds is 4. The molecular formula is C24H19N5O4S. The topological polar surface area (TPSA) is 114 Å². The first kappa shape index (κ1) is 20.5. The lowest BCUT2D eigenvalue weighted by atomic mass is 9.97. The Kier molecular flexibility index (Phi) is 5.06. The van der Waals surface area contributed by atoms with Crippen LogP contribution in [0.3, 0.4) is 0 Å². The van der Waals surface area contributed by atoms with Crippen molar-refractivity contribution in [1.29, 1.82) is 0 Å². The Morgan fingerprint density at radius 3 is 2.76 bits per heavy atom. The number of thiazole rings is 1. The Bertz CT molecular complexity index is 1480. The van der Waals surface area contributed by atoms with E-state index in [1.807, 2.05) is 29.2 Å². The number of aromatic nitrogens is 3. The zero-order valence-corrected chi connectivity index (χ0v) is 18.7. The monoisotopic (exact) mass is 473 g/mol. The molecule has 0 atom stereocenters. The van der Waals surface area contributed by atoms with E-state index in [2.05, 4.69) is 20.6 Å². The smallest absolute Gasteiger partial charge is 0.289 e. The second kappa shape index (κ2) is 8.38. The van der Waals surface area contributed by atoms with Gasteiger partial charge in [0.1, 0.15) is 16.8 Å². The molecule has 1 aliphatic heterocycles. The summed E-state index contributed by atoms with van der Waals surface area (Å²) in [5, 5.41) is 14.1. The molecule has 34 heavy (non-hydrogen) atoms. The molecule has 9 nitrogen and oxygen atoms in total. The minimum absolute atomic E-state index is 0.0922.